The Kier molecular flexibility index (Phi) is 6.03. The van der Waals surface area contributed by atoms with Crippen molar-refractivity contribution in [3.8, 4) is 11.3 Å². The van der Waals surface area contributed by atoms with Crippen LogP contribution in [0.5, 0.6) is 0 Å². The fourth-order valence-electron chi connectivity index (χ4n) is 2.33. The van der Waals surface area contributed by atoms with E-state index >= 15 is 0 Å². The number of nitrogens with one attached hydrogen (secondary N) is 1. The van der Waals surface area contributed by atoms with Crippen LogP contribution in [0.25, 0.3) is 11.3 Å². The molecule has 148 valence electrons. The molecular formula is C19H12BrFN2O6. The van der Waals surface area contributed by atoms with Gasteiger partial charge in [0.25, 0.3) is 11.6 Å². The number of rotatable bonds is 6. The van der Waals surface area contributed by atoms with Crippen LogP contribution in [0.2, 0.25) is 0 Å². The van der Waals surface area contributed by atoms with Crippen molar-refractivity contribution >= 4 is 39.2 Å². The predicted octanol–water partition coefficient (Wildman–Crippen LogP) is 4.55. The lowest BCUT2D eigenvalue weighted by Gasteiger charge is -2.07. The molecule has 1 amide bonds. The molecule has 0 spiro atoms. The number of ether oxygens (including phenoxy) is 1. The second-order valence-electron chi connectivity index (χ2n) is 5.72. The number of amides is 1. The van der Waals surface area contributed by atoms with Gasteiger partial charge in [-0.05, 0) is 42.5 Å². The molecule has 29 heavy (non-hydrogen) atoms. The Labute approximate surface area is 171 Å². The van der Waals surface area contributed by atoms with Crippen molar-refractivity contribution in [1.82, 2.24) is 0 Å². The number of nitro benzene ring substituents is 1. The largest absolute Gasteiger partial charge is 0.450 e. The summed E-state index contributed by atoms with van der Waals surface area (Å²) < 4.78 is 24.5. The van der Waals surface area contributed by atoms with E-state index in [2.05, 4.69) is 21.2 Å². The number of benzene rings is 2. The molecule has 0 unspecified atom stereocenters. The van der Waals surface area contributed by atoms with E-state index in [9.17, 15) is 24.1 Å². The third-order valence-electron chi connectivity index (χ3n) is 3.71. The van der Waals surface area contributed by atoms with Gasteiger partial charge >= 0.3 is 5.97 Å². The standard InChI is InChI=1S/C19H12BrFN2O6/c20-12-3-6-15(14(21)9-12)22-18(24)10-28-19(25)17-8-7-16(29-17)11-1-4-13(5-2-11)23(26)27/h1-9H,10H2,(H,22,24). The zero-order valence-electron chi connectivity index (χ0n) is 14.6. The summed E-state index contributed by atoms with van der Waals surface area (Å²) in [5.74, 6) is -2.10. The Morgan fingerprint density at radius 3 is 2.52 bits per heavy atom. The molecule has 0 aliphatic heterocycles. The number of hydrogen-bond donors (Lipinski definition) is 1. The number of esters is 1. The molecule has 0 saturated carbocycles. The minimum absolute atomic E-state index is 0.0484. The van der Waals surface area contributed by atoms with Crippen LogP contribution in [0, 0.1) is 15.9 Å². The number of non-ortho nitro benzene ring substituents is 1. The van der Waals surface area contributed by atoms with Gasteiger partial charge in [-0.2, -0.15) is 0 Å². The SMILES string of the molecule is O=C(COC(=O)c1ccc(-c2ccc([N+](=O)[O-])cc2)o1)Nc1ccc(Br)cc1F. The molecular weight excluding hydrogens is 451 g/mol. The molecule has 0 aliphatic rings. The van der Waals surface area contributed by atoms with E-state index in [1.165, 1.54) is 48.5 Å². The first-order valence-electron chi connectivity index (χ1n) is 8.10. The Morgan fingerprint density at radius 1 is 1.14 bits per heavy atom. The van der Waals surface area contributed by atoms with Gasteiger partial charge in [-0.15, -0.1) is 0 Å². The average molecular weight is 463 g/mol. The van der Waals surface area contributed by atoms with Crippen LogP contribution >= 0.6 is 15.9 Å². The van der Waals surface area contributed by atoms with Crippen LogP contribution < -0.4 is 5.32 Å². The monoisotopic (exact) mass is 462 g/mol. The zero-order valence-corrected chi connectivity index (χ0v) is 16.1. The van der Waals surface area contributed by atoms with Crippen LogP contribution in [0.15, 0.2) is 63.5 Å². The molecule has 0 radical (unpaired) electrons. The molecule has 0 saturated heterocycles. The van der Waals surface area contributed by atoms with Gasteiger partial charge < -0.3 is 14.5 Å². The maximum absolute atomic E-state index is 13.7. The summed E-state index contributed by atoms with van der Waals surface area (Å²) in [7, 11) is 0. The molecule has 0 aliphatic carbocycles. The number of carbonyl (C=O) groups excluding carboxylic acids is 2. The second kappa shape index (κ2) is 8.65. The summed E-state index contributed by atoms with van der Waals surface area (Å²) in [6.45, 7) is -0.637. The van der Waals surface area contributed by atoms with Crippen molar-refractivity contribution in [3.63, 3.8) is 0 Å². The van der Waals surface area contributed by atoms with Gasteiger partial charge in [-0.25, -0.2) is 9.18 Å². The first-order chi connectivity index (χ1) is 13.8. The number of halogens is 2. The molecule has 0 fully saturated rings. The summed E-state index contributed by atoms with van der Waals surface area (Å²) in [6, 6.07) is 12.5. The second-order valence-corrected chi connectivity index (χ2v) is 6.63. The molecule has 0 atom stereocenters. The smallest absolute Gasteiger partial charge is 0.374 e. The lowest BCUT2D eigenvalue weighted by atomic mass is 10.1. The Balaban J connectivity index is 1.58. The van der Waals surface area contributed by atoms with E-state index < -0.39 is 29.2 Å². The Hall–Kier alpha value is -3.53. The lowest BCUT2D eigenvalue weighted by molar-refractivity contribution is -0.384. The highest BCUT2D eigenvalue weighted by Crippen LogP contribution is 2.25. The van der Waals surface area contributed by atoms with Crippen molar-refractivity contribution in [3.05, 3.63) is 80.8 Å². The highest BCUT2D eigenvalue weighted by molar-refractivity contribution is 9.10. The number of carbonyl (C=O) groups is 2. The average Bonchev–Trinajstić information content (AvgIpc) is 3.19. The molecule has 1 N–H and O–H groups in total. The highest BCUT2D eigenvalue weighted by atomic mass is 79.9. The predicted molar refractivity (Wildman–Crippen MR) is 104 cm³/mol. The number of anilines is 1. The van der Waals surface area contributed by atoms with Gasteiger partial charge in [0, 0.05) is 22.2 Å². The van der Waals surface area contributed by atoms with E-state index in [-0.39, 0.29) is 17.1 Å². The number of furan rings is 1. The molecule has 8 nitrogen and oxygen atoms in total. The van der Waals surface area contributed by atoms with E-state index in [0.717, 1.165) is 0 Å². The third-order valence-corrected chi connectivity index (χ3v) is 4.20. The molecule has 1 aromatic heterocycles. The molecule has 10 heteroatoms. The first-order valence-corrected chi connectivity index (χ1v) is 8.89. The number of hydrogen-bond acceptors (Lipinski definition) is 6. The van der Waals surface area contributed by atoms with Crippen molar-refractivity contribution in [2.45, 2.75) is 0 Å². The topological polar surface area (TPSA) is 112 Å². The molecule has 3 aromatic rings. The minimum Gasteiger partial charge on any atom is -0.450 e. The van der Waals surface area contributed by atoms with Crippen molar-refractivity contribution in [2.24, 2.45) is 0 Å². The lowest BCUT2D eigenvalue weighted by Crippen LogP contribution is -2.21. The van der Waals surface area contributed by atoms with Gasteiger partial charge in [0.2, 0.25) is 5.76 Å². The van der Waals surface area contributed by atoms with Crippen LogP contribution in [0.1, 0.15) is 10.6 Å². The summed E-state index contributed by atoms with van der Waals surface area (Å²) >= 11 is 3.10. The molecule has 1 heterocycles. The van der Waals surface area contributed by atoms with Crippen LogP contribution in [-0.4, -0.2) is 23.4 Å². The summed E-state index contributed by atoms with van der Waals surface area (Å²) in [5.41, 5.74) is 0.402. The normalized spacial score (nSPS) is 10.4. The maximum Gasteiger partial charge on any atom is 0.374 e. The van der Waals surface area contributed by atoms with E-state index in [4.69, 9.17) is 9.15 Å². The maximum atomic E-state index is 13.7. The number of nitro groups is 1. The zero-order chi connectivity index (χ0) is 21.0. The van der Waals surface area contributed by atoms with Crippen LogP contribution in [0.3, 0.4) is 0 Å². The van der Waals surface area contributed by atoms with Crippen molar-refractivity contribution in [2.75, 3.05) is 11.9 Å². The number of nitrogens with zero attached hydrogens (tertiary/aromatic N) is 1. The van der Waals surface area contributed by atoms with Crippen molar-refractivity contribution < 1.29 is 28.1 Å². The fraction of sp³-hybridized carbons (Fsp3) is 0.0526. The minimum atomic E-state index is -0.885. The van der Waals surface area contributed by atoms with Gasteiger partial charge in [0.15, 0.2) is 6.61 Å². The molecule has 2 aromatic carbocycles. The fourth-order valence-corrected chi connectivity index (χ4v) is 2.66. The van der Waals surface area contributed by atoms with Crippen LogP contribution in [-0.2, 0) is 9.53 Å². The highest BCUT2D eigenvalue weighted by Gasteiger charge is 2.16. The van der Waals surface area contributed by atoms with E-state index in [1.807, 2.05) is 0 Å². The summed E-state index contributed by atoms with van der Waals surface area (Å²) in [5, 5.41) is 13.0. The summed E-state index contributed by atoms with van der Waals surface area (Å²) in [6.07, 6.45) is 0. The van der Waals surface area contributed by atoms with E-state index in [0.29, 0.717) is 15.8 Å². The van der Waals surface area contributed by atoms with Gasteiger partial charge in [0.1, 0.15) is 11.6 Å². The Bertz CT molecular complexity index is 1080. The van der Waals surface area contributed by atoms with E-state index in [1.54, 1.807) is 6.07 Å². The Morgan fingerprint density at radius 2 is 1.86 bits per heavy atom. The van der Waals surface area contributed by atoms with Crippen LogP contribution in [0.4, 0.5) is 15.8 Å². The quantitative estimate of drug-likeness (QED) is 0.326. The van der Waals surface area contributed by atoms with Gasteiger partial charge in [-0.3, -0.25) is 14.9 Å². The molecule has 3 rings (SSSR count). The molecule has 0 bridgehead atoms. The van der Waals surface area contributed by atoms with Crippen molar-refractivity contribution in [1.29, 1.82) is 0 Å². The summed E-state index contributed by atoms with van der Waals surface area (Å²) in [4.78, 5) is 34.0. The van der Waals surface area contributed by atoms with Gasteiger partial charge in [-0.1, -0.05) is 15.9 Å². The third kappa shape index (κ3) is 5.05. The first kappa shape index (κ1) is 20.2. The van der Waals surface area contributed by atoms with Gasteiger partial charge in [0.05, 0.1) is 10.6 Å².